The highest BCUT2D eigenvalue weighted by atomic mass is 19.4. The third-order valence-electron chi connectivity index (χ3n) is 2.85. The number of hydrogen-bond donors (Lipinski definition) is 1. The van der Waals surface area contributed by atoms with E-state index in [2.05, 4.69) is 10.3 Å². The molecule has 2 nitrogen and oxygen atoms in total. The number of halogens is 3. The molecule has 1 heterocycles. The van der Waals surface area contributed by atoms with Crippen LogP contribution in [0.2, 0.25) is 0 Å². The van der Waals surface area contributed by atoms with Gasteiger partial charge in [0.15, 0.2) is 0 Å². The van der Waals surface area contributed by atoms with E-state index < -0.39 is 11.7 Å². The van der Waals surface area contributed by atoms with Crippen LogP contribution in [0.4, 0.5) is 13.2 Å². The average Bonchev–Trinajstić information content (AvgIpc) is 2.72. The van der Waals surface area contributed by atoms with Crippen molar-refractivity contribution < 1.29 is 13.2 Å². The third kappa shape index (κ3) is 2.60. The number of alkyl halides is 3. The lowest BCUT2D eigenvalue weighted by Crippen LogP contribution is -2.21. The van der Waals surface area contributed by atoms with Crippen LogP contribution in [0, 0.1) is 6.92 Å². The molecule has 2 rings (SSSR count). The molecule has 0 fully saturated rings. The van der Waals surface area contributed by atoms with Gasteiger partial charge < -0.3 is 5.32 Å². The van der Waals surface area contributed by atoms with Crippen molar-refractivity contribution in [2.24, 2.45) is 4.99 Å². The van der Waals surface area contributed by atoms with Gasteiger partial charge in [-0.25, -0.2) is 0 Å². The predicted octanol–water partition coefficient (Wildman–Crippen LogP) is 2.56. The number of amidine groups is 1. The standard InChI is InChI=1S/C12H13F3N2/c1-8-9(7-11-16-5-6-17-11)3-2-4-10(8)12(13,14)15/h2-4H,5-7H2,1H3,(H,16,17). The quantitative estimate of drug-likeness (QED) is 0.846. The Morgan fingerprint density at radius 3 is 2.71 bits per heavy atom. The van der Waals surface area contributed by atoms with Gasteiger partial charge >= 0.3 is 6.18 Å². The second-order valence-electron chi connectivity index (χ2n) is 4.02. The smallest absolute Gasteiger partial charge is 0.372 e. The van der Waals surface area contributed by atoms with Crippen LogP contribution in [0.1, 0.15) is 16.7 Å². The van der Waals surface area contributed by atoms with E-state index in [0.717, 1.165) is 18.4 Å². The van der Waals surface area contributed by atoms with Crippen molar-refractivity contribution in [1.82, 2.24) is 5.32 Å². The molecule has 0 aromatic heterocycles. The van der Waals surface area contributed by atoms with E-state index in [1.54, 1.807) is 6.07 Å². The molecule has 0 unspecified atom stereocenters. The zero-order valence-corrected chi connectivity index (χ0v) is 9.43. The number of nitrogens with zero attached hydrogens (tertiary/aromatic N) is 1. The van der Waals surface area contributed by atoms with E-state index in [9.17, 15) is 13.2 Å². The predicted molar refractivity (Wildman–Crippen MR) is 60.2 cm³/mol. The second-order valence-corrected chi connectivity index (χ2v) is 4.02. The summed E-state index contributed by atoms with van der Waals surface area (Å²) in [5.74, 6) is 0.771. The van der Waals surface area contributed by atoms with Crippen LogP contribution in [0.25, 0.3) is 0 Å². The summed E-state index contributed by atoms with van der Waals surface area (Å²) in [6.07, 6.45) is -3.85. The molecule has 0 atom stereocenters. The molecule has 0 spiro atoms. The first-order valence-electron chi connectivity index (χ1n) is 5.41. The Morgan fingerprint density at radius 2 is 2.12 bits per heavy atom. The average molecular weight is 242 g/mol. The molecule has 5 heteroatoms. The van der Waals surface area contributed by atoms with Crippen LogP contribution in [0.5, 0.6) is 0 Å². The van der Waals surface area contributed by atoms with Gasteiger partial charge in [-0.15, -0.1) is 0 Å². The fourth-order valence-electron chi connectivity index (χ4n) is 1.93. The van der Waals surface area contributed by atoms with Gasteiger partial charge in [0, 0.05) is 13.0 Å². The number of benzene rings is 1. The lowest BCUT2D eigenvalue weighted by molar-refractivity contribution is -0.138. The Labute approximate surface area is 97.6 Å². The van der Waals surface area contributed by atoms with Gasteiger partial charge in [-0.1, -0.05) is 12.1 Å². The summed E-state index contributed by atoms with van der Waals surface area (Å²) in [7, 11) is 0. The minimum atomic E-state index is -4.29. The molecule has 1 aromatic carbocycles. The minimum absolute atomic E-state index is 0.288. The van der Waals surface area contributed by atoms with Gasteiger partial charge in [-0.3, -0.25) is 4.99 Å². The van der Waals surface area contributed by atoms with E-state index in [0.29, 0.717) is 18.5 Å². The van der Waals surface area contributed by atoms with Crippen molar-refractivity contribution in [2.75, 3.05) is 13.1 Å². The number of aliphatic imine (C=N–C) groups is 1. The highest BCUT2D eigenvalue weighted by Gasteiger charge is 2.32. The van der Waals surface area contributed by atoms with E-state index in [1.165, 1.54) is 13.0 Å². The van der Waals surface area contributed by atoms with Crippen molar-refractivity contribution in [3.63, 3.8) is 0 Å². The summed E-state index contributed by atoms with van der Waals surface area (Å²) in [5, 5.41) is 3.06. The van der Waals surface area contributed by atoms with Gasteiger partial charge in [-0.05, 0) is 24.1 Å². The maximum atomic E-state index is 12.7. The van der Waals surface area contributed by atoms with E-state index in [1.807, 2.05) is 0 Å². The summed E-state index contributed by atoms with van der Waals surface area (Å²) in [4.78, 5) is 4.19. The maximum absolute atomic E-state index is 12.7. The van der Waals surface area contributed by atoms with Gasteiger partial charge in [-0.2, -0.15) is 13.2 Å². The summed E-state index contributed by atoms with van der Waals surface area (Å²) >= 11 is 0. The highest BCUT2D eigenvalue weighted by molar-refractivity contribution is 5.86. The van der Waals surface area contributed by atoms with Gasteiger partial charge in [0.05, 0.1) is 12.1 Å². The Bertz CT molecular complexity index is 450. The van der Waals surface area contributed by atoms with Gasteiger partial charge in [0.2, 0.25) is 0 Å². The topological polar surface area (TPSA) is 24.4 Å². The Morgan fingerprint density at radius 1 is 1.35 bits per heavy atom. The number of nitrogens with one attached hydrogen (secondary N) is 1. The third-order valence-corrected chi connectivity index (χ3v) is 2.85. The Kier molecular flexibility index (Phi) is 3.09. The molecule has 0 bridgehead atoms. The largest absolute Gasteiger partial charge is 0.416 e. The SMILES string of the molecule is Cc1c(CC2=NCCN2)cccc1C(F)(F)F. The van der Waals surface area contributed by atoms with Crippen molar-refractivity contribution >= 4 is 5.84 Å². The lowest BCUT2D eigenvalue weighted by atomic mass is 9.99. The molecule has 0 saturated carbocycles. The summed E-state index contributed by atoms with van der Waals surface area (Å²) in [5.41, 5.74) is 0.401. The summed E-state index contributed by atoms with van der Waals surface area (Å²) in [6, 6.07) is 4.27. The molecule has 0 amide bonds. The second kappa shape index (κ2) is 4.39. The van der Waals surface area contributed by atoms with Crippen LogP contribution in [0.3, 0.4) is 0 Å². The summed E-state index contributed by atoms with van der Waals surface area (Å²) in [6.45, 7) is 2.98. The number of rotatable bonds is 2. The molecule has 0 aliphatic carbocycles. The van der Waals surface area contributed by atoms with Crippen molar-refractivity contribution in [3.05, 3.63) is 34.9 Å². The summed E-state index contributed by atoms with van der Waals surface area (Å²) < 4.78 is 38.1. The molecule has 1 N–H and O–H groups in total. The minimum Gasteiger partial charge on any atom is -0.372 e. The Hall–Kier alpha value is -1.52. The highest BCUT2D eigenvalue weighted by Crippen LogP contribution is 2.33. The molecule has 1 aliphatic heterocycles. The monoisotopic (exact) mass is 242 g/mol. The fourth-order valence-corrected chi connectivity index (χ4v) is 1.93. The zero-order valence-electron chi connectivity index (χ0n) is 9.43. The maximum Gasteiger partial charge on any atom is 0.416 e. The normalized spacial score (nSPS) is 15.6. The first-order valence-corrected chi connectivity index (χ1v) is 5.41. The molecule has 17 heavy (non-hydrogen) atoms. The molecule has 1 aromatic rings. The van der Waals surface area contributed by atoms with Crippen molar-refractivity contribution in [3.8, 4) is 0 Å². The van der Waals surface area contributed by atoms with Gasteiger partial charge in [0.25, 0.3) is 0 Å². The first kappa shape index (κ1) is 12.0. The Balaban J connectivity index is 2.29. The van der Waals surface area contributed by atoms with Crippen LogP contribution >= 0.6 is 0 Å². The van der Waals surface area contributed by atoms with Gasteiger partial charge in [0.1, 0.15) is 5.84 Å². The van der Waals surface area contributed by atoms with E-state index >= 15 is 0 Å². The molecular weight excluding hydrogens is 229 g/mol. The van der Waals surface area contributed by atoms with Crippen molar-refractivity contribution in [1.29, 1.82) is 0 Å². The lowest BCUT2D eigenvalue weighted by Gasteiger charge is -2.14. The fraction of sp³-hybridized carbons (Fsp3) is 0.417. The van der Waals surface area contributed by atoms with E-state index in [4.69, 9.17) is 0 Å². The molecule has 0 radical (unpaired) electrons. The van der Waals surface area contributed by atoms with Crippen LogP contribution < -0.4 is 5.32 Å². The first-order chi connectivity index (χ1) is 7.98. The zero-order chi connectivity index (χ0) is 12.5. The number of hydrogen-bond acceptors (Lipinski definition) is 2. The van der Waals surface area contributed by atoms with E-state index in [-0.39, 0.29) is 5.56 Å². The van der Waals surface area contributed by atoms with Crippen LogP contribution in [-0.2, 0) is 12.6 Å². The molecule has 1 aliphatic rings. The molecular formula is C12H13F3N2. The van der Waals surface area contributed by atoms with Crippen molar-refractivity contribution in [2.45, 2.75) is 19.5 Å². The van der Waals surface area contributed by atoms with Crippen LogP contribution in [-0.4, -0.2) is 18.9 Å². The van der Waals surface area contributed by atoms with Crippen LogP contribution in [0.15, 0.2) is 23.2 Å². The molecule has 0 saturated heterocycles. The molecule has 92 valence electrons.